The monoisotopic (exact) mass is 302 g/mol. The zero-order valence-electron chi connectivity index (χ0n) is 12.8. The summed E-state index contributed by atoms with van der Waals surface area (Å²) in [5.41, 5.74) is 1.96. The average Bonchev–Trinajstić information content (AvgIpc) is 3.30. The highest BCUT2D eigenvalue weighted by Crippen LogP contribution is 2.34. The first kappa shape index (κ1) is 14.9. The second kappa shape index (κ2) is 6.40. The molecule has 118 valence electrons. The summed E-state index contributed by atoms with van der Waals surface area (Å²) in [5.74, 6) is 1.33. The van der Waals surface area contributed by atoms with Gasteiger partial charge in [0.1, 0.15) is 5.75 Å². The van der Waals surface area contributed by atoms with Gasteiger partial charge < -0.3 is 20.1 Å². The number of H-pyrrole nitrogens is 1. The maximum Gasteiger partial charge on any atom is 0.224 e. The first-order chi connectivity index (χ1) is 10.7. The van der Waals surface area contributed by atoms with E-state index in [1.165, 1.54) is 0 Å². The topological polar surface area (TPSA) is 74.4 Å². The molecule has 3 rings (SSSR count). The van der Waals surface area contributed by atoms with Crippen LogP contribution < -0.4 is 10.1 Å². The van der Waals surface area contributed by atoms with Gasteiger partial charge in [-0.05, 0) is 48.9 Å². The van der Waals surface area contributed by atoms with E-state index in [1.807, 2.05) is 24.4 Å². The van der Waals surface area contributed by atoms with Gasteiger partial charge in [-0.15, -0.1) is 0 Å². The van der Waals surface area contributed by atoms with Crippen molar-refractivity contribution in [3.8, 4) is 5.75 Å². The summed E-state index contributed by atoms with van der Waals surface area (Å²) in [6.07, 6.45) is 5.15. The maximum atomic E-state index is 12.3. The van der Waals surface area contributed by atoms with Crippen molar-refractivity contribution >= 4 is 16.8 Å². The van der Waals surface area contributed by atoms with E-state index in [9.17, 15) is 4.79 Å². The predicted molar refractivity (Wildman–Crippen MR) is 84.9 cm³/mol. The molecule has 5 nitrogen and oxygen atoms in total. The molecule has 0 bridgehead atoms. The number of aromatic nitrogens is 1. The fourth-order valence-electron chi connectivity index (χ4n) is 2.92. The lowest BCUT2D eigenvalue weighted by atomic mass is 10.1. The third-order valence-corrected chi connectivity index (χ3v) is 4.30. The van der Waals surface area contributed by atoms with E-state index in [0.717, 1.165) is 35.1 Å². The van der Waals surface area contributed by atoms with Crippen molar-refractivity contribution in [2.45, 2.75) is 31.7 Å². The number of rotatable bonds is 7. The number of fused-ring (bicyclic) bond motifs is 1. The van der Waals surface area contributed by atoms with Crippen molar-refractivity contribution in [1.29, 1.82) is 0 Å². The Morgan fingerprint density at radius 1 is 1.50 bits per heavy atom. The van der Waals surface area contributed by atoms with Crippen LogP contribution in [0.4, 0.5) is 0 Å². The van der Waals surface area contributed by atoms with Gasteiger partial charge in [0.05, 0.1) is 13.5 Å². The first-order valence-electron chi connectivity index (χ1n) is 7.75. The first-order valence-corrected chi connectivity index (χ1v) is 7.75. The number of hydrogen-bond donors (Lipinski definition) is 3. The third kappa shape index (κ3) is 3.25. The molecule has 0 spiro atoms. The van der Waals surface area contributed by atoms with Gasteiger partial charge in [0.15, 0.2) is 0 Å². The molecule has 1 saturated carbocycles. The largest absolute Gasteiger partial charge is 0.497 e. The van der Waals surface area contributed by atoms with Crippen LogP contribution in [0.25, 0.3) is 10.9 Å². The van der Waals surface area contributed by atoms with Gasteiger partial charge in [0.25, 0.3) is 0 Å². The summed E-state index contributed by atoms with van der Waals surface area (Å²) in [5, 5.41) is 13.2. The van der Waals surface area contributed by atoms with E-state index >= 15 is 0 Å². The summed E-state index contributed by atoms with van der Waals surface area (Å²) < 4.78 is 5.25. The number of ether oxygens (including phenoxy) is 1. The number of aromatic amines is 1. The lowest BCUT2D eigenvalue weighted by Crippen LogP contribution is -2.38. The Balaban J connectivity index is 1.70. The van der Waals surface area contributed by atoms with Crippen molar-refractivity contribution in [3.63, 3.8) is 0 Å². The van der Waals surface area contributed by atoms with Gasteiger partial charge in [-0.25, -0.2) is 0 Å². The number of hydrogen-bond acceptors (Lipinski definition) is 3. The highest BCUT2D eigenvalue weighted by molar-refractivity contribution is 5.89. The van der Waals surface area contributed by atoms with Crippen LogP contribution in [-0.4, -0.2) is 35.8 Å². The average molecular weight is 302 g/mol. The summed E-state index contributed by atoms with van der Waals surface area (Å²) in [7, 11) is 1.63. The Morgan fingerprint density at radius 2 is 2.32 bits per heavy atom. The molecule has 3 N–H and O–H groups in total. The number of aliphatic hydroxyl groups excluding tert-OH is 1. The van der Waals surface area contributed by atoms with Crippen LogP contribution in [0.15, 0.2) is 24.4 Å². The molecular formula is C17H22N2O3. The normalized spacial score (nSPS) is 15.7. The zero-order valence-corrected chi connectivity index (χ0v) is 12.8. The van der Waals surface area contributed by atoms with E-state index < -0.39 is 0 Å². The molecule has 1 fully saturated rings. The minimum atomic E-state index is 0.00840. The summed E-state index contributed by atoms with van der Waals surface area (Å²) in [6.45, 7) is 0.117. The molecule has 1 unspecified atom stereocenters. The van der Waals surface area contributed by atoms with Crippen molar-refractivity contribution in [2.75, 3.05) is 13.7 Å². The Morgan fingerprint density at radius 3 is 3.00 bits per heavy atom. The number of carbonyl (C=O) groups is 1. The van der Waals surface area contributed by atoms with Gasteiger partial charge in [-0.2, -0.15) is 0 Å². The molecule has 0 saturated heterocycles. The van der Waals surface area contributed by atoms with Crippen LogP contribution >= 0.6 is 0 Å². The van der Waals surface area contributed by atoms with Gasteiger partial charge in [-0.1, -0.05) is 0 Å². The number of carbonyl (C=O) groups excluding carboxylic acids is 1. The molecule has 1 aliphatic carbocycles. The number of nitrogens with one attached hydrogen (secondary N) is 2. The van der Waals surface area contributed by atoms with Gasteiger partial charge in [-0.3, -0.25) is 4.79 Å². The van der Waals surface area contributed by atoms with Crippen molar-refractivity contribution in [1.82, 2.24) is 10.3 Å². The number of benzene rings is 1. The molecule has 1 heterocycles. The molecule has 1 atom stereocenters. The fourth-order valence-corrected chi connectivity index (χ4v) is 2.92. The van der Waals surface area contributed by atoms with Crippen LogP contribution in [-0.2, 0) is 11.2 Å². The lowest BCUT2D eigenvalue weighted by molar-refractivity contribution is -0.121. The number of methoxy groups -OCH3 is 1. The summed E-state index contributed by atoms with van der Waals surface area (Å²) >= 11 is 0. The second-order valence-electron chi connectivity index (χ2n) is 5.93. The Kier molecular flexibility index (Phi) is 4.34. The molecule has 2 aromatic rings. The summed E-state index contributed by atoms with van der Waals surface area (Å²) in [4.78, 5) is 15.5. The molecule has 5 heteroatoms. The Labute approximate surface area is 129 Å². The van der Waals surface area contributed by atoms with Crippen molar-refractivity contribution in [2.24, 2.45) is 5.92 Å². The molecule has 1 aromatic carbocycles. The van der Waals surface area contributed by atoms with Crippen LogP contribution in [0.5, 0.6) is 5.75 Å². The number of aliphatic hydroxyl groups is 1. The lowest BCUT2D eigenvalue weighted by Gasteiger charge is -2.17. The third-order valence-electron chi connectivity index (χ3n) is 4.30. The molecule has 1 amide bonds. The van der Waals surface area contributed by atoms with Crippen molar-refractivity contribution < 1.29 is 14.6 Å². The van der Waals surface area contributed by atoms with E-state index in [2.05, 4.69) is 10.3 Å². The van der Waals surface area contributed by atoms with E-state index in [-0.39, 0.29) is 18.6 Å². The highest BCUT2D eigenvalue weighted by atomic mass is 16.5. The molecule has 0 aliphatic heterocycles. The summed E-state index contributed by atoms with van der Waals surface area (Å²) in [6, 6.07) is 5.90. The van der Waals surface area contributed by atoms with E-state index in [4.69, 9.17) is 9.84 Å². The molecule has 22 heavy (non-hydrogen) atoms. The zero-order chi connectivity index (χ0) is 15.5. The van der Waals surface area contributed by atoms with E-state index in [0.29, 0.717) is 18.8 Å². The van der Waals surface area contributed by atoms with Crippen LogP contribution in [0, 0.1) is 5.92 Å². The van der Waals surface area contributed by atoms with Crippen molar-refractivity contribution in [3.05, 3.63) is 30.0 Å². The van der Waals surface area contributed by atoms with Gasteiger partial charge >= 0.3 is 0 Å². The maximum absolute atomic E-state index is 12.3. The van der Waals surface area contributed by atoms with Gasteiger partial charge in [0, 0.05) is 29.7 Å². The predicted octanol–water partition coefficient (Wildman–Crippen LogP) is 2.00. The Bertz CT molecular complexity index is 661. The standard InChI is InChI=1S/C17H22N2O3/c1-22-13-4-5-16-14(9-13)12(10-18-16)8-17(21)19-15(6-7-20)11-2-3-11/h4-5,9-11,15,18,20H,2-3,6-8H2,1H3,(H,19,21). The van der Waals surface area contributed by atoms with E-state index in [1.54, 1.807) is 7.11 Å². The Hall–Kier alpha value is -2.01. The quantitative estimate of drug-likeness (QED) is 0.732. The van der Waals surface area contributed by atoms with Crippen LogP contribution in [0.3, 0.4) is 0 Å². The smallest absolute Gasteiger partial charge is 0.224 e. The molecule has 1 aromatic heterocycles. The second-order valence-corrected chi connectivity index (χ2v) is 5.93. The minimum absolute atomic E-state index is 0.00840. The molecular weight excluding hydrogens is 280 g/mol. The van der Waals surface area contributed by atoms with Crippen LogP contribution in [0.2, 0.25) is 0 Å². The van der Waals surface area contributed by atoms with Crippen LogP contribution in [0.1, 0.15) is 24.8 Å². The minimum Gasteiger partial charge on any atom is -0.497 e. The SMILES string of the molecule is COc1ccc2[nH]cc(CC(=O)NC(CCO)C3CC3)c2c1. The molecule has 0 radical (unpaired) electrons. The fraction of sp³-hybridized carbons (Fsp3) is 0.471. The highest BCUT2D eigenvalue weighted by Gasteiger charge is 2.31. The van der Waals surface area contributed by atoms with Gasteiger partial charge in [0.2, 0.25) is 5.91 Å². The molecule has 1 aliphatic rings. The number of amides is 1.